The minimum atomic E-state index is -0.416. The lowest BCUT2D eigenvalue weighted by atomic mass is 10.2. The minimum absolute atomic E-state index is 0.125. The van der Waals surface area contributed by atoms with Crippen LogP contribution in [0.1, 0.15) is 25.6 Å². The molecule has 1 unspecified atom stereocenters. The Morgan fingerprint density at radius 1 is 1.73 bits per heavy atom. The Hall–Kier alpha value is -1.43. The Labute approximate surface area is 88.2 Å². The lowest BCUT2D eigenvalue weighted by Crippen LogP contribution is -2.41. The summed E-state index contributed by atoms with van der Waals surface area (Å²) >= 11 is 0. The molecule has 6 heteroatoms. The normalized spacial score (nSPS) is 12.4. The van der Waals surface area contributed by atoms with E-state index in [0.29, 0.717) is 25.2 Å². The van der Waals surface area contributed by atoms with Gasteiger partial charge in [-0.2, -0.15) is 4.98 Å². The second-order valence-corrected chi connectivity index (χ2v) is 3.28. The summed E-state index contributed by atoms with van der Waals surface area (Å²) < 4.78 is 4.56. The standard InChI is InChI=1S/C9H16N4O2/c1-2-3-7(10)9(14)11-5-4-8-12-6-15-13-8/h6-7H,2-5,10H2,1H3,(H,11,14). The number of nitrogens with one attached hydrogen (secondary N) is 1. The van der Waals surface area contributed by atoms with Gasteiger partial charge in [-0.3, -0.25) is 4.79 Å². The molecule has 1 amide bonds. The summed E-state index contributed by atoms with van der Waals surface area (Å²) in [6.07, 6.45) is 3.43. The van der Waals surface area contributed by atoms with Gasteiger partial charge in [0.05, 0.1) is 6.04 Å². The van der Waals surface area contributed by atoms with Crippen molar-refractivity contribution in [1.82, 2.24) is 15.5 Å². The smallest absolute Gasteiger partial charge is 0.236 e. The molecule has 0 bridgehead atoms. The fraction of sp³-hybridized carbons (Fsp3) is 0.667. The average Bonchev–Trinajstić information content (AvgIpc) is 2.71. The first-order valence-electron chi connectivity index (χ1n) is 5.02. The summed E-state index contributed by atoms with van der Waals surface area (Å²) in [5.74, 6) is 0.458. The highest BCUT2D eigenvalue weighted by Crippen LogP contribution is 1.93. The van der Waals surface area contributed by atoms with Crippen molar-refractivity contribution < 1.29 is 9.32 Å². The summed E-state index contributed by atoms with van der Waals surface area (Å²) in [4.78, 5) is 15.2. The second-order valence-electron chi connectivity index (χ2n) is 3.28. The third-order valence-corrected chi connectivity index (χ3v) is 1.99. The molecule has 0 saturated carbocycles. The van der Waals surface area contributed by atoms with Crippen LogP contribution in [0.4, 0.5) is 0 Å². The maximum atomic E-state index is 11.4. The molecule has 0 aliphatic rings. The molecule has 1 rings (SSSR count). The van der Waals surface area contributed by atoms with E-state index < -0.39 is 6.04 Å². The van der Waals surface area contributed by atoms with Crippen molar-refractivity contribution in [1.29, 1.82) is 0 Å². The average molecular weight is 212 g/mol. The molecule has 0 aromatic carbocycles. The number of hydrogen-bond donors (Lipinski definition) is 2. The molecular weight excluding hydrogens is 196 g/mol. The highest BCUT2D eigenvalue weighted by atomic mass is 16.5. The van der Waals surface area contributed by atoms with Gasteiger partial charge >= 0.3 is 0 Å². The zero-order valence-electron chi connectivity index (χ0n) is 8.77. The van der Waals surface area contributed by atoms with Crippen LogP contribution in [0.25, 0.3) is 0 Å². The molecule has 1 aromatic rings. The molecule has 1 aromatic heterocycles. The van der Waals surface area contributed by atoms with E-state index in [9.17, 15) is 4.79 Å². The molecule has 0 aliphatic carbocycles. The summed E-state index contributed by atoms with van der Waals surface area (Å²) in [7, 11) is 0. The lowest BCUT2D eigenvalue weighted by Gasteiger charge is -2.09. The molecule has 6 nitrogen and oxygen atoms in total. The van der Waals surface area contributed by atoms with Crippen LogP contribution in [0.15, 0.2) is 10.9 Å². The van der Waals surface area contributed by atoms with E-state index in [1.54, 1.807) is 0 Å². The zero-order chi connectivity index (χ0) is 11.1. The number of rotatable bonds is 6. The van der Waals surface area contributed by atoms with E-state index in [0.717, 1.165) is 6.42 Å². The number of hydrogen-bond acceptors (Lipinski definition) is 5. The highest BCUT2D eigenvalue weighted by Gasteiger charge is 2.11. The predicted molar refractivity (Wildman–Crippen MR) is 53.9 cm³/mol. The number of nitrogens with zero attached hydrogens (tertiary/aromatic N) is 2. The number of carbonyl (C=O) groups excluding carboxylic acids is 1. The van der Waals surface area contributed by atoms with Gasteiger partial charge in [-0.05, 0) is 6.42 Å². The van der Waals surface area contributed by atoms with Gasteiger partial charge in [-0.1, -0.05) is 18.5 Å². The van der Waals surface area contributed by atoms with Gasteiger partial charge < -0.3 is 15.6 Å². The van der Waals surface area contributed by atoms with Crippen molar-refractivity contribution in [2.45, 2.75) is 32.2 Å². The van der Waals surface area contributed by atoms with Crippen molar-refractivity contribution in [3.63, 3.8) is 0 Å². The van der Waals surface area contributed by atoms with Gasteiger partial charge in [0, 0.05) is 13.0 Å². The summed E-state index contributed by atoms with van der Waals surface area (Å²) in [6.45, 7) is 2.47. The van der Waals surface area contributed by atoms with E-state index in [1.807, 2.05) is 6.92 Å². The van der Waals surface area contributed by atoms with E-state index in [4.69, 9.17) is 5.73 Å². The molecule has 0 radical (unpaired) electrons. The van der Waals surface area contributed by atoms with E-state index in [2.05, 4.69) is 20.0 Å². The van der Waals surface area contributed by atoms with Crippen LogP contribution in [-0.2, 0) is 11.2 Å². The lowest BCUT2D eigenvalue weighted by molar-refractivity contribution is -0.122. The molecule has 84 valence electrons. The molecule has 3 N–H and O–H groups in total. The summed E-state index contributed by atoms with van der Waals surface area (Å²) in [5, 5.41) is 6.35. The first-order chi connectivity index (χ1) is 7.24. The quantitative estimate of drug-likeness (QED) is 0.684. The van der Waals surface area contributed by atoms with Crippen molar-refractivity contribution >= 4 is 5.91 Å². The van der Waals surface area contributed by atoms with Gasteiger partial charge in [0.25, 0.3) is 0 Å². The minimum Gasteiger partial charge on any atom is -0.354 e. The van der Waals surface area contributed by atoms with Crippen molar-refractivity contribution in [3.8, 4) is 0 Å². The molecule has 0 fully saturated rings. The van der Waals surface area contributed by atoms with Crippen LogP contribution in [0.2, 0.25) is 0 Å². The highest BCUT2D eigenvalue weighted by molar-refractivity contribution is 5.81. The molecule has 0 spiro atoms. The third kappa shape index (κ3) is 4.07. The Bertz CT molecular complexity index is 286. The van der Waals surface area contributed by atoms with Gasteiger partial charge in [-0.15, -0.1) is 0 Å². The summed E-state index contributed by atoms with van der Waals surface area (Å²) in [5.41, 5.74) is 5.63. The van der Waals surface area contributed by atoms with Gasteiger partial charge in [-0.25, -0.2) is 0 Å². The molecule has 0 saturated heterocycles. The maximum Gasteiger partial charge on any atom is 0.236 e. The molecule has 0 aliphatic heterocycles. The first-order valence-corrected chi connectivity index (χ1v) is 5.02. The monoisotopic (exact) mass is 212 g/mol. The maximum absolute atomic E-state index is 11.4. The number of amides is 1. The Balaban J connectivity index is 2.17. The third-order valence-electron chi connectivity index (χ3n) is 1.99. The van der Waals surface area contributed by atoms with E-state index in [-0.39, 0.29) is 5.91 Å². The Morgan fingerprint density at radius 2 is 2.53 bits per heavy atom. The second kappa shape index (κ2) is 6.13. The Kier molecular flexibility index (Phi) is 4.76. The molecule has 1 heterocycles. The fourth-order valence-electron chi connectivity index (χ4n) is 1.17. The van der Waals surface area contributed by atoms with Crippen LogP contribution in [0, 0.1) is 0 Å². The molecule has 1 atom stereocenters. The number of nitrogens with two attached hydrogens (primary N) is 1. The first kappa shape index (κ1) is 11.6. The summed E-state index contributed by atoms with van der Waals surface area (Å²) in [6, 6.07) is -0.416. The van der Waals surface area contributed by atoms with Gasteiger partial charge in [0.1, 0.15) is 0 Å². The molecular formula is C9H16N4O2. The van der Waals surface area contributed by atoms with Gasteiger partial charge in [0.2, 0.25) is 12.3 Å². The van der Waals surface area contributed by atoms with Crippen molar-refractivity contribution in [2.24, 2.45) is 5.73 Å². The topological polar surface area (TPSA) is 94.0 Å². The largest absolute Gasteiger partial charge is 0.354 e. The van der Waals surface area contributed by atoms with Crippen LogP contribution in [0.3, 0.4) is 0 Å². The SMILES string of the molecule is CCCC(N)C(=O)NCCc1ncon1. The Morgan fingerprint density at radius 3 is 3.13 bits per heavy atom. The predicted octanol–water partition coefficient (Wildman–Crippen LogP) is -0.144. The van der Waals surface area contributed by atoms with Crippen LogP contribution in [-0.4, -0.2) is 28.6 Å². The van der Waals surface area contributed by atoms with Crippen molar-refractivity contribution in [2.75, 3.05) is 6.54 Å². The van der Waals surface area contributed by atoms with Gasteiger partial charge in [0.15, 0.2) is 5.82 Å². The molecule has 15 heavy (non-hydrogen) atoms. The van der Waals surface area contributed by atoms with Crippen LogP contribution in [0.5, 0.6) is 0 Å². The van der Waals surface area contributed by atoms with Crippen LogP contribution >= 0.6 is 0 Å². The number of aromatic nitrogens is 2. The van der Waals surface area contributed by atoms with Crippen LogP contribution < -0.4 is 11.1 Å². The van der Waals surface area contributed by atoms with Crippen molar-refractivity contribution in [3.05, 3.63) is 12.2 Å². The fourth-order valence-corrected chi connectivity index (χ4v) is 1.17. The van der Waals surface area contributed by atoms with E-state index >= 15 is 0 Å². The number of carbonyl (C=O) groups is 1. The zero-order valence-corrected chi connectivity index (χ0v) is 8.77. The van der Waals surface area contributed by atoms with E-state index in [1.165, 1.54) is 6.39 Å².